The quantitative estimate of drug-likeness (QED) is 0.562. The van der Waals surface area contributed by atoms with Crippen molar-refractivity contribution in [3.63, 3.8) is 0 Å². The molecule has 0 radical (unpaired) electrons. The second-order valence-electron chi connectivity index (χ2n) is 7.62. The van der Waals surface area contributed by atoms with Gasteiger partial charge in [-0.1, -0.05) is 56.3 Å². The van der Waals surface area contributed by atoms with Crippen molar-refractivity contribution in [2.24, 2.45) is 0 Å². The summed E-state index contributed by atoms with van der Waals surface area (Å²) in [6.07, 6.45) is 0. The molecule has 0 saturated heterocycles. The van der Waals surface area contributed by atoms with Crippen LogP contribution in [-0.4, -0.2) is 28.3 Å². The first-order chi connectivity index (χ1) is 13.9. The molecule has 152 valence electrons. The number of rotatable bonds is 7. The van der Waals surface area contributed by atoms with E-state index in [1.54, 1.807) is 42.1 Å². The lowest BCUT2D eigenvalue weighted by molar-refractivity contribution is 0.0956. The van der Waals surface area contributed by atoms with Gasteiger partial charge in [-0.05, 0) is 23.8 Å². The van der Waals surface area contributed by atoms with Gasteiger partial charge in [-0.2, -0.15) is 16.7 Å². The molecule has 2 aromatic carbocycles. The summed E-state index contributed by atoms with van der Waals surface area (Å²) in [6, 6.07) is 13.9. The summed E-state index contributed by atoms with van der Waals surface area (Å²) in [5.41, 5.74) is 1.51. The number of carbonyl (C=O) groups excluding carboxylic acids is 1. The summed E-state index contributed by atoms with van der Waals surface area (Å²) in [6.45, 7) is 6.47. The highest BCUT2D eigenvalue weighted by atomic mass is 32.2. The highest BCUT2D eigenvalue weighted by Gasteiger charge is 2.23. The third-order valence-electron chi connectivity index (χ3n) is 4.25. The molecule has 1 aromatic heterocycles. The van der Waals surface area contributed by atoms with Gasteiger partial charge >= 0.3 is 0 Å². The lowest BCUT2D eigenvalue weighted by Gasteiger charge is -2.11. The Hall–Kier alpha value is -2.67. The van der Waals surface area contributed by atoms with Crippen LogP contribution in [0.3, 0.4) is 0 Å². The molecular weight excluding hydrogens is 389 g/mol. The molecule has 0 aliphatic heterocycles. The summed E-state index contributed by atoms with van der Waals surface area (Å²) in [4.78, 5) is 17.1. The fraction of sp³-hybridized carbons (Fsp3) is 0.318. The van der Waals surface area contributed by atoms with Gasteiger partial charge in [0.2, 0.25) is 0 Å². The van der Waals surface area contributed by atoms with Crippen LogP contribution in [0.5, 0.6) is 0 Å². The fourth-order valence-electron chi connectivity index (χ4n) is 2.63. The van der Waals surface area contributed by atoms with Crippen molar-refractivity contribution in [2.45, 2.75) is 31.9 Å². The largest absolute Gasteiger partial charge is 0.351 e. The normalized spacial score (nSPS) is 11.4. The number of thioether (sulfide) groups is 1. The number of carbonyl (C=O) groups is 1. The number of halogens is 1. The highest BCUT2D eigenvalue weighted by molar-refractivity contribution is 7.98. The maximum absolute atomic E-state index is 13.6. The first-order valence-corrected chi connectivity index (χ1v) is 10.5. The average molecular weight is 414 g/mol. The molecular formula is C22H24FN3O2S. The maximum atomic E-state index is 13.6. The molecule has 1 amide bonds. The van der Waals surface area contributed by atoms with Gasteiger partial charge in [0.15, 0.2) is 5.82 Å². The molecule has 1 heterocycles. The molecule has 0 spiro atoms. The summed E-state index contributed by atoms with van der Waals surface area (Å²) in [7, 11) is 0. The van der Waals surface area contributed by atoms with Gasteiger partial charge in [-0.3, -0.25) is 4.79 Å². The molecule has 0 aliphatic carbocycles. The molecule has 1 N–H and O–H groups in total. The smallest absolute Gasteiger partial charge is 0.258 e. The molecule has 7 heteroatoms. The van der Waals surface area contributed by atoms with Crippen molar-refractivity contribution in [1.82, 2.24) is 15.5 Å². The molecule has 3 aromatic rings. The van der Waals surface area contributed by atoms with Crippen LogP contribution in [0.4, 0.5) is 4.39 Å². The molecule has 0 bridgehead atoms. The zero-order valence-corrected chi connectivity index (χ0v) is 17.6. The average Bonchev–Trinajstić information content (AvgIpc) is 3.19. The van der Waals surface area contributed by atoms with Crippen molar-refractivity contribution in [3.8, 4) is 11.5 Å². The van der Waals surface area contributed by atoms with Crippen molar-refractivity contribution in [2.75, 3.05) is 12.3 Å². The maximum Gasteiger partial charge on any atom is 0.258 e. The number of aromatic nitrogens is 2. The summed E-state index contributed by atoms with van der Waals surface area (Å²) in [5.74, 6) is 1.75. The molecule has 5 nitrogen and oxygen atoms in total. The number of amides is 1. The van der Waals surface area contributed by atoms with Crippen molar-refractivity contribution >= 4 is 17.7 Å². The van der Waals surface area contributed by atoms with Crippen LogP contribution in [0, 0.1) is 5.82 Å². The van der Waals surface area contributed by atoms with Crippen LogP contribution in [0.2, 0.25) is 0 Å². The first-order valence-electron chi connectivity index (χ1n) is 9.39. The monoisotopic (exact) mass is 413 g/mol. The molecule has 0 unspecified atom stereocenters. The molecule has 0 saturated carbocycles. The fourth-order valence-corrected chi connectivity index (χ4v) is 3.48. The Morgan fingerprint density at radius 2 is 1.86 bits per heavy atom. The third kappa shape index (κ3) is 5.44. The van der Waals surface area contributed by atoms with Crippen LogP contribution >= 0.6 is 11.8 Å². The Labute approximate surface area is 174 Å². The zero-order valence-electron chi connectivity index (χ0n) is 16.7. The Kier molecular flexibility index (Phi) is 6.69. The SMILES string of the molecule is CC(C)(C)c1noc(-c2ccccc2C(=O)NCCSCc2ccccc2F)n1. The van der Waals surface area contributed by atoms with E-state index in [9.17, 15) is 9.18 Å². The van der Waals surface area contributed by atoms with Crippen molar-refractivity contribution in [1.29, 1.82) is 0 Å². The van der Waals surface area contributed by atoms with Crippen LogP contribution in [0.25, 0.3) is 11.5 Å². The van der Waals surface area contributed by atoms with Gasteiger partial charge < -0.3 is 9.84 Å². The second-order valence-corrected chi connectivity index (χ2v) is 8.72. The zero-order chi connectivity index (χ0) is 20.9. The van der Waals surface area contributed by atoms with Crippen LogP contribution in [0.15, 0.2) is 53.1 Å². The lowest BCUT2D eigenvalue weighted by Crippen LogP contribution is -2.26. The van der Waals surface area contributed by atoms with Crippen molar-refractivity contribution in [3.05, 3.63) is 71.3 Å². The second kappa shape index (κ2) is 9.22. The molecule has 29 heavy (non-hydrogen) atoms. The summed E-state index contributed by atoms with van der Waals surface area (Å²) in [5, 5.41) is 6.94. The topological polar surface area (TPSA) is 68.0 Å². The van der Waals surface area contributed by atoms with E-state index >= 15 is 0 Å². The lowest BCUT2D eigenvalue weighted by atomic mass is 9.96. The minimum absolute atomic E-state index is 0.202. The molecule has 0 atom stereocenters. The number of benzene rings is 2. The van der Waals surface area contributed by atoms with E-state index in [0.717, 1.165) is 0 Å². The van der Waals surface area contributed by atoms with E-state index in [-0.39, 0.29) is 17.1 Å². The summed E-state index contributed by atoms with van der Waals surface area (Å²) >= 11 is 1.57. The van der Waals surface area contributed by atoms with E-state index in [4.69, 9.17) is 4.52 Å². The van der Waals surface area contributed by atoms with Gasteiger partial charge in [0.25, 0.3) is 11.8 Å². The standard InChI is InChI=1S/C22H24FN3O2S/c1-22(2,3)21-25-20(28-26-21)17-10-6-5-9-16(17)19(27)24-12-13-29-14-15-8-4-7-11-18(15)23/h4-11H,12-14H2,1-3H3,(H,24,27). The van der Waals surface area contributed by atoms with Gasteiger partial charge in [-0.15, -0.1) is 0 Å². The van der Waals surface area contributed by atoms with Gasteiger partial charge in [0.1, 0.15) is 5.82 Å². The van der Waals surface area contributed by atoms with Crippen LogP contribution in [0.1, 0.15) is 42.5 Å². The van der Waals surface area contributed by atoms with E-state index in [2.05, 4.69) is 15.5 Å². The van der Waals surface area contributed by atoms with Gasteiger partial charge in [0.05, 0.1) is 11.1 Å². The van der Waals surface area contributed by atoms with Gasteiger partial charge in [-0.25, -0.2) is 4.39 Å². The molecule has 3 rings (SSSR count). The van der Waals surface area contributed by atoms with Gasteiger partial charge in [0, 0.05) is 23.5 Å². The van der Waals surface area contributed by atoms with E-state index in [0.29, 0.717) is 46.5 Å². The number of nitrogens with one attached hydrogen (secondary N) is 1. The number of hydrogen-bond acceptors (Lipinski definition) is 5. The Bertz CT molecular complexity index is 982. The molecule has 0 aliphatic rings. The predicted molar refractivity (Wildman–Crippen MR) is 113 cm³/mol. The minimum Gasteiger partial charge on any atom is -0.351 e. The summed E-state index contributed by atoms with van der Waals surface area (Å²) < 4.78 is 19.0. The Morgan fingerprint density at radius 3 is 2.59 bits per heavy atom. The van der Waals surface area contributed by atoms with E-state index < -0.39 is 0 Å². The Balaban J connectivity index is 1.59. The number of nitrogens with zero attached hydrogens (tertiary/aromatic N) is 2. The van der Waals surface area contributed by atoms with E-state index in [1.165, 1.54) is 6.07 Å². The minimum atomic E-state index is -0.242. The predicted octanol–water partition coefficient (Wildman–Crippen LogP) is 4.84. The number of hydrogen-bond donors (Lipinski definition) is 1. The third-order valence-corrected chi connectivity index (χ3v) is 5.25. The Morgan fingerprint density at radius 1 is 1.14 bits per heavy atom. The van der Waals surface area contributed by atoms with Crippen molar-refractivity contribution < 1.29 is 13.7 Å². The van der Waals surface area contributed by atoms with Crippen LogP contribution in [-0.2, 0) is 11.2 Å². The molecule has 0 fully saturated rings. The van der Waals surface area contributed by atoms with Crippen LogP contribution < -0.4 is 5.32 Å². The first kappa shape index (κ1) is 21.0. The highest BCUT2D eigenvalue weighted by Crippen LogP contribution is 2.26. The van der Waals surface area contributed by atoms with E-state index in [1.807, 2.05) is 32.9 Å².